The van der Waals surface area contributed by atoms with Crippen molar-refractivity contribution in [3.8, 4) is 22.3 Å². The van der Waals surface area contributed by atoms with Crippen molar-refractivity contribution in [2.24, 2.45) is 0 Å². The number of hydrogen-bond donors (Lipinski definition) is 0. The van der Waals surface area contributed by atoms with Gasteiger partial charge in [0.25, 0.3) is 0 Å². The number of rotatable bonds is 2. The standard InChI is InChI=1S/2C10H8N2.CH4/c2*1-5-11-6-2-9(1)10-3-7-12-8-4-10;/h2*1-8H;1H4. The first-order chi connectivity index (χ1) is 11.9. The molecule has 124 valence electrons. The van der Waals surface area contributed by atoms with E-state index in [4.69, 9.17) is 0 Å². The molecule has 4 heterocycles. The van der Waals surface area contributed by atoms with Crippen LogP contribution in [0.3, 0.4) is 0 Å². The molecule has 25 heavy (non-hydrogen) atoms. The molecule has 0 saturated carbocycles. The fraction of sp³-hybridized carbons (Fsp3) is 0.0476. The molecule has 0 radical (unpaired) electrons. The first kappa shape index (κ1) is 17.9. The minimum absolute atomic E-state index is 0. The van der Waals surface area contributed by atoms with E-state index in [0.29, 0.717) is 0 Å². The summed E-state index contributed by atoms with van der Waals surface area (Å²) in [6, 6.07) is 15.9. The molecule has 4 heteroatoms. The molecule has 0 saturated heterocycles. The molecule has 0 atom stereocenters. The zero-order chi connectivity index (χ0) is 16.5. The van der Waals surface area contributed by atoms with E-state index >= 15 is 0 Å². The van der Waals surface area contributed by atoms with Crippen LogP contribution >= 0.6 is 0 Å². The molecule has 0 fully saturated rings. The molecule has 0 N–H and O–H groups in total. The lowest BCUT2D eigenvalue weighted by Crippen LogP contribution is -1.77. The van der Waals surface area contributed by atoms with Crippen LogP contribution in [0.5, 0.6) is 0 Å². The Morgan fingerprint density at radius 2 is 0.480 bits per heavy atom. The third kappa shape index (κ3) is 5.32. The zero-order valence-corrected chi connectivity index (χ0v) is 13.0. The summed E-state index contributed by atoms with van der Waals surface area (Å²) < 4.78 is 0. The Morgan fingerprint density at radius 3 is 0.640 bits per heavy atom. The van der Waals surface area contributed by atoms with E-state index in [1.54, 1.807) is 49.6 Å². The highest BCUT2D eigenvalue weighted by Gasteiger charge is 1.93. The summed E-state index contributed by atoms with van der Waals surface area (Å²) in [5.41, 5.74) is 4.69. The van der Waals surface area contributed by atoms with E-state index in [0.717, 1.165) is 0 Å². The fourth-order valence-electron chi connectivity index (χ4n) is 2.18. The van der Waals surface area contributed by atoms with E-state index in [2.05, 4.69) is 19.9 Å². The van der Waals surface area contributed by atoms with E-state index in [1.807, 2.05) is 48.5 Å². The monoisotopic (exact) mass is 328 g/mol. The molecular weight excluding hydrogens is 308 g/mol. The Kier molecular flexibility index (Phi) is 6.95. The van der Waals surface area contributed by atoms with Crippen molar-refractivity contribution in [2.75, 3.05) is 0 Å². The van der Waals surface area contributed by atoms with Gasteiger partial charge in [-0.25, -0.2) is 0 Å². The van der Waals surface area contributed by atoms with Crippen molar-refractivity contribution in [3.63, 3.8) is 0 Å². The number of pyridine rings is 4. The fourth-order valence-corrected chi connectivity index (χ4v) is 2.18. The van der Waals surface area contributed by atoms with Gasteiger partial charge in [-0.05, 0) is 70.8 Å². The predicted molar refractivity (Wildman–Crippen MR) is 102 cm³/mol. The molecule has 4 rings (SSSR count). The number of aromatic nitrogens is 4. The third-order valence-corrected chi connectivity index (χ3v) is 3.39. The SMILES string of the molecule is C.c1cc(-c2ccncc2)ccn1.c1cc(-c2ccncc2)ccn1. The topological polar surface area (TPSA) is 51.6 Å². The molecule has 0 amide bonds. The highest BCUT2D eigenvalue weighted by molar-refractivity contribution is 5.62. The van der Waals surface area contributed by atoms with Gasteiger partial charge >= 0.3 is 0 Å². The van der Waals surface area contributed by atoms with Crippen LogP contribution in [0.2, 0.25) is 0 Å². The van der Waals surface area contributed by atoms with Gasteiger partial charge in [0, 0.05) is 49.6 Å². The van der Waals surface area contributed by atoms with Crippen LogP contribution in [0.15, 0.2) is 98.1 Å². The lowest BCUT2D eigenvalue weighted by atomic mass is 10.1. The van der Waals surface area contributed by atoms with Gasteiger partial charge in [-0.3, -0.25) is 19.9 Å². The quantitative estimate of drug-likeness (QED) is 0.524. The lowest BCUT2D eigenvalue weighted by molar-refractivity contribution is 1.31. The summed E-state index contributed by atoms with van der Waals surface area (Å²) in [4.78, 5) is 15.8. The molecule has 0 aromatic carbocycles. The van der Waals surface area contributed by atoms with Gasteiger partial charge in [0.2, 0.25) is 0 Å². The predicted octanol–water partition coefficient (Wildman–Crippen LogP) is 4.92. The summed E-state index contributed by atoms with van der Waals surface area (Å²) in [6.45, 7) is 0. The minimum atomic E-state index is 0. The van der Waals surface area contributed by atoms with Crippen molar-refractivity contribution in [2.45, 2.75) is 7.43 Å². The van der Waals surface area contributed by atoms with Crippen LogP contribution in [-0.2, 0) is 0 Å². The Bertz CT molecular complexity index is 686. The van der Waals surface area contributed by atoms with Crippen molar-refractivity contribution < 1.29 is 0 Å². The van der Waals surface area contributed by atoms with E-state index in [1.165, 1.54) is 22.3 Å². The average Bonchev–Trinajstić information content (AvgIpc) is 2.71. The first-order valence-electron chi connectivity index (χ1n) is 7.54. The molecule has 4 aromatic rings. The van der Waals surface area contributed by atoms with Crippen molar-refractivity contribution in [1.29, 1.82) is 0 Å². The van der Waals surface area contributed by atoms with Crippen LogP contribution in [0.4, 0.5) is 0 Å². The minimum Gasteiger partial charge on any atom is -0.265 e. The maximum absolute atomic E-state index is 3.96. The first-order valence-corrected chi connectivity index (χ1v) is 7.54. The van der Waals surface area contributed by atoms with Gasteiger partial charge in [0.1, 0.15) is 0 Å². The van der Waals surface area contributed by atoms with Gasteiger partial charge in [-0.15, -0.1) is 0 Å². The summed E-state index contributed by atoms with van der Waals surface area (Å²) in [5.74, 6) is 0. The zero-order valence-electron chi connectivity index (χ0n) is 13.0. The smallest absolute Gasteiger partial charge is 0.0273 e. The molecule has 0 aliphatic carbocycles. The van der Waals surface area contributed by atoms with Crippen LogP contribution in [-0.4, -0.2) is 19.9 Å². The van der Waals surface area contributed by atoms with Crippen molar-refractivity contribution in [3.05, 3.63) is 98.1 Å². The second-order valence-electron chi connectivity index (χ2n) is 4.94. The highest BCUT2D eigenvalue weighted by atomic mass is 14.6. The maximum atomic E-state index is 3.96. The van der Waals surface area contributed by atoms with Crippen LogP contribution < -0.4 is 0 Å². The Hall–Kier alpha value is -3.40. The van der Waals surface area contributed by atoms with Crippen LogP contribution in [0, 0.1) is 0 Å². The average molecular weight is 328 g/mol. The molecule has 4 aromatic heterocycles. The Morgan fingerprint density at radius 1 is 0.320 bits per heavy atom. The van der Waals surface area contributed by atoms with E-state index < -0.39 is 0 Å². The van der Waals surface area contributed by atoms with Gasteiger partial charge in [0.05, 0.1) is 0 Å². The molecule has 0 spiro atoms. The largest absolute Gasteiger partial charge is 0.265 e. The Balaban J connectivity index is 0.000000173. The van der Waals surface area contributed by atoms with Crippen molar-refractivity contribution in [1.82, 2.24) is 19.9 Å². The highest BCUT2D eigenvalue weighted by Crippen LogP contribution is 2.16. The summed E-state index contributed by atoms with van der Waals surface area (Å²) >= 11 is 0. The van der Waals surface area contributed by atoms with E-state index in [9.17, 15) is 0 Å². The van der Waals surface area contributed by atoms with Gasteiger partial charge < -0.3 is 0 Å². The molecule has 0 unspecified atom stereocenters. The summed E-state index contributed by atoms with van der Waals surface area (Å²) in [5, 5.41) is 0. The molecule has 0 aliphatic rings. The molecule has 0 bridgehead atoms. The number of hydrogen-bond acceptors (Lipinski definition) is 4. The number of nitrogens with zero attached hydrogens (tertiary/aromatic N) is 4. The van der Waals surface area contributed by atoms with Crippen molar-refractivity contribution >= 4 is 0 Å². The van der Waals surface area contributed by atoms with E-state index in [-0.39, 0.29) is 7.43 Å². The second kappa shape index (κ2) is 9.67. The van der Waals surface area contributed by atoms with Crippen LogP contribution in [0.1, 0.15) is 7.43 Å². The second-order valence-corrected chi connectivity index (χ2v) is 4.94. The molecular formula is C21H20N4. The van der Waals surface area contributed by atoms with Gasteiger partial charge in [0.15, 0.2) is 0 Å². The normalized spacial score (nSPS) is 9.28. The molecule has 0 aliphatic heterocycles. The summed E-state index contributed by atoms with van der Waals surface area (Å²) in [6.07, 6.45) is 14.3. The van der Waals surface area contributed by atoms with Crippen LogP contribution in [0.25, 0.3) is 22.3 Å². The van der Waals surface area contributed by atoms with Gasteiger partial charge in [-0.1, -0.05) is 7.43 Å². The lowest BCUT2D eigenvalue weighted by Gasteiger charge is -1.97. The third-order valence-electron chi connectivity index (χ3n) is 3.39. The molecule has 4 nitrogen and oxygen atoms in total. The summed E-state index contributed by atoms with van der Waals surface area (Å²) in [7, 11) is 0. The Labute approximate surface area is 148 Å². The maximum Gasteiger partial charge on any atom is 0.0273 e. The van der Waals surface area contributed by atoms with Gasteiger partial charge in [-0.2, -0.15) is 0 Å².